The molecule has 198 valence electrons. The largest absolute Gasteiger partial charge is 0.480 e. The van der Waals surface area contributed by atoms with E-state index in [9.17, 15) is 33.9 Å². The van der Waals surface area contributed by atoms with E-state index in [1.165, 1.54) is 21.6 Å². The van der Waals surface area contributed by atoms with Crippen LogP contribution in [0.4, 0.5) is 4.79 Å². The van der Waals surface area contributed by atoms with E-state index < -0.39 is 63.9 Å². The monoisotopic (exact) mass is 531 g/mol. The van der Waals surface area contributed by atoms with Gasteiger partial charge in [0.05, 0.1) is 0 Å². The number of urea groups is 1. The van der Waals surface area contributed by atoms with Crippen molar-refractivity contribution in [1.29, 1.82) is 0 Å². The lowest BCUT2D eigenvalue weighted by molar-refractivity contribution is -0.161. The number of hydrogen-bond acceptors (Lipinski definition) is 7. The fraction of sp³-hybridized carbons (Fsp3) is 0.500. The summed E-state index contributed by atoms with van der Waals surface area (Å²) < 4.78 is -0.758. The Bertz CT molecular complexity index is 1140. The predicted molar refractivity (Wildman–Crippen MR) is 132 cm³/mol. The molecule has 3 aliphatic heterocycles. The second kappa shape index (κ2) is 10.0. The van der Waals surface area contributed by atoms with Crippen LogP contribution in [0.3, 0.4) is 0 Å². The lowest BCUT2D eigenvalue weighted by Gasteiger charge is -2.44. The highest BCUT2D eigenvalue weighted by atomic mass is 32.2. The summed E-state index contributed by atoms with van der Waals surface area (Å²) in [4.78, 5) is 79.3. The molecule has 37 heavy (non-hydrogen) atoms. The predicted octanol–water partition coefficient (Wildman–Crippen LogP) is 0.150. The topological polar surface area (TPSA) is 156 Å². The number of thioether (sulfide) groups is 1. The summed E-state index contributed by atoms with van der Waals surface area (Å²) in [5.74, 6) is -4.09. The Kier molecular flexibility index (Phi) is 7.18. The Labute approximate surface area is 217 Å². The number of benzene rings is 1. The maximum absolute atomic E-state index is 13.4. The number of nitrogens with one attached hydrogen (secondary N) is 2. The quantitative estimate of drug-likeness (QED) is 0.332. The van der Waals surface area contributed by atoms with Crippen molar-refractivity contribution < 1.29 is 33.9 Å². The number of amides is 6. The second-order valence-electron chi connectivity index (χ2n) is 9.63. The van der Waals surface area contributed by atoms with Crippen molar-refractivity contribution in [2.24, 2.45) is 0 Å². The van der Waals surface area contributed by atoms with E-state index in [-0.39, 0.29) is 13.1 Å². The third kappa shape index (κ3) is 4.75. The number of rotatable bonds is 7. The molecule has 0 aromatic heterocycles. The molecule has 0 bridgehead atoms. The van der Waals surface area contributed by atoms with Gasteiger partial charge in [-0.2, -0.15) is 0 Å². The molecule has 13 heteroatoms. The van der Waals surface area contributed by atoms with Gasteiger partial charge >= 0.3 is 23.8 Å². The van der Waals surface area contributed by atoms with Gasteiger partial charge in [0.2, 0.25) is 11.8 Å². The smallest absolute Gasteiger partial charge is 0.327 e. The Balaban J connectivity index is 1.50. The highest BCUT2D eigenvalue weighted by Gasteiger charge is 2.64. The van der Waals surface area contributed by atoms with Crippen LogP contribution in [0.25, 0.3) is 0 Å². The van der Waals surface area contributed by atoms with Crippen LogP contribution < -0.4 is 10.6 Å². The number of hydrogen-bond donors (Lipinski definition) is 3. The number of β-lactam (4-membered cyclic amide) rings is 1. The average molecular weight is 532 g/mol. The van der Waals surface area contributed by atoms with Gasteiger partial charge in [0, 0.05) is 24.4 Å². The van der Waals surface area contributed by atoms with Gasteiger partial charge in [0.1, 0.15) is 23.5 Å². The minimum atomic E-state index is -1.26. The molecule has 12 nitrogen and oxygen atoms in total. The summed E-state index contributed by atoms with van der Waals surface area (Å²) in [5, 5.41) is 14.2. The molecular weight excluding hydrogens is 502 g/mol. The number of aliphatic carboxylic acids is 1. The van der Waals surface area contributed by atoms with Crippen LogP contribution >= 0.6 is 11.8 Å². The number of carboxylic acids is 1. The molecular formula is C24H29N5O7S. The molecule has 3 saturated heterocycles. The molecule has 3 heterocycles. The molecule has 3 aliphatic rings. The molecule has 1 aromatic rings. The van der Waals surface area contributed by atoms with E-state index in [0.717, 1.165) is 4.90 Å². The standard InChI is InChI=1S/C24H29N5O7S/c1-4-10-27-11-12-28(20(33)19(27)32)23(36)26-14(13-8-6-5-7-9-13)17(30)25-15-18(31)29-16(22(34)35)24(2,3)37-21(15)29/h5-9,14-16,21H,4,10-12H2,1-3H3,(H,25,30)(H,26,36)(H,34,35). The molecule has 0 aliphatic carbocycles. The summed E-state index contributed by atoms with van der Waals surface area (Å²) in [5.41, 5.74) is 0.406. The lowest BCUT2D eigenvalue weighted by atomic mass is 9.95. The molecule has 0 radical (unpaired) electrons. The maximum Gasteiger partial charge on any atom is 0.327 e. The summed E-state index contributed by atoms with van der Waals surface area (Å²) in [6, 6.07) is 4.13. The van der Waals surface area contributed by atoms with Crippen molar-refractivity contribution in [2.75, 3.05) is 19.6 Å². The molecule has 4 atom stereocenters. The number of fused-ring (bicyclic) bond motifs is 1. The molecule has 6 amide bonds. The van der Waals surface area contributed by atoms with E-state index in [0.29, 0.717) is 18.5 Å². The van der Waals surface area contributed by atoms with E-state index in [4.69, 9.17) is 0 Å². The Morgan fingerprint density at radius 1 is 1.11 bits per heavy atom. The first-order chi connectivity index (χ1) is 17.5. The summed E-state index contributed by atoms with van der Waals surface area (Å²) in [6.45, 7) is 5.91. The van der Waals surface area contributed by atoms with E-state index in [1.54, 1.807) is 44.2 Å². The van der Waals surface area contributed by atoms with Gasteiger partial charge in [0.15, 0.2) is 0 Å². The Morgan fingerprint density at radius 2 is 1.78 bits per heavy atom. The molecule has 4 rings (SSSR count). The maximum atomic E-state index is 13.4. The van der Waals surface area contributed by atoms with Gasteiger partial charge in [-0.3, -0.25) is 24.1 Å². The molecule has 0 saturated carbocycles. The lowest BCUT2D eigenvalue weighted by Crippen LogP contribution is -2.71. The van der Waals surface area contributed by atoms with Crippen molar-refractivity contribution in [3.8, 4) is 0 Å². The highest BCUT2D eigenvalue weighted by Crippen LogP contribution is 2.50. The number of carbonyl (C=O) groups is 6. The van der Waals surface area contributed by atoms with Gasteiger partial charge in [0.25, 0.3) is 0 Å². The van der Waals surface area contributed by atoms with Crippen molar-refractivity contribution in [1.82, 2.24) is 25.3 Å². The van der Waals surface area contributed by atoms with Crippen molar-refractivity contribution in [2.45, 2.75) is 55.4 Å². The first-order valence-corrected chi connectivity index (χ1v) is 12.8. The van der Waals surface area contributed by atoms with Crippen LogP contribution in [0, 0.1) is 0 Å². The number of carboxylic acid groups (broad SMARTS) is 1. The minimum absolute atomic E-state index is 0.0139. The number of nitrogens with zero attached hydrogens (tertiary/aromatic N) is 3. The van der Waals surface area contributed by atoms with Crippen LogP contribution in [0.1, 0.15) is 38.8 Å². The van der Waals surface area contributed by atoms with Crippen molar-refractivity contribution in [3.63, 3.8) is 0 Å². The first kappa shape index (κ1) is 26.5. The van der Waals surface area contributed by atoms with Crippen LogP contribution in [0.15, 0.2) is 30.3 Å². The second-order valence-corrected chi connectivity index (χ2v) is 11.4. The zero-order valence-corrected chi connectivity index (χ0v) is 21.5. The van der Waals surface area contributed by atoms with Gasteiger partial charge < -0.3 is 25.5 Å². The number of imide groups is 1. The fourth-order valence-electron chi connectivity index (χ4n) is 4.88. The summed E-state index contributed by atoms with van der Waals surface area (Å²) in [7, 11) is 0. The number of piperazine rings is 1. The Morgan fingerprint density at radius 3 is 2.41 bits per heavy atom. The van der Waals surface area contributed by atoms with Crippen molar-refractivity contribution >= 4 is 47.4 Å². The van der Waals surface area contributed by atoms with E-state index in [2.05, 4.69) is 10.6 Å². The third-order valence-corrected chi connectivity index (χ3v) is 8.25. The first-order valence-electron chi connectivity index (χ1n) is 12.0. The zero-order valence-electron chi connectivity index (χ0n) is 20.7. The summed E-state index contributed by atoms with van der Waals surface area (Å²) >= 11 is 1.28. The van der Waals surface area contributed by atoms with Gasteiger partial charge in [-0.15, -0.1) is 11.8 Å². The molecule has 4 unspecified atom stereocenters. The van der Waals surface area contributed by atoms with Crippen LogP contribution in [-0.2, 0) is 24.0 Å². The van der Waals surface area contributed by atoms with Crippen LogP contribution in [-0.4, -0.2) is 97.3 Å². The van der Waals surface area contributed by atoms with Crippen LogP contribution in [0.2, 0.25) is 0 Å². The molecule has 3 fully saturated rings. The third-order valence-electron chi connectivity index (χ3n) is 6.68. The fourth-order valence-corrected chi connectivity index (χ4v) is 6.51. The van der Waals surface area contributed by atoms with Gasteiger partial charge in [-0.25, -0.2) is 9.59 Å². The number of carbonyl (C=O) groups excluding carboxylic acids is 5. The van der Waals surface area contributed by atoms with Gasteiger partial charge in [-0.05, 0) is 25.8 Å². The zero-order chi connectivity index (χ0) is 27.1. The van der Waals surface area contributed by atoms with E-state index >= 15 is 0 Å². The normalized spacial score (nSPS) is 25.3. The van der Waals surface area contributed by atoms with Crippen molar-refractivity contribution in [3.05, 3.63) is 35.9 Å². The molecule has 0 spiro atoms. The highest BCUT2D eigenvalue weighted by molar-refractivity contribution is 8.01. The minimum Gasteiger partial charge on any atom is -0.480 e. The molecule has 1 aromatic carbocycles. The molecule has 3 N–H and O–H groups in total. The summed E-state index contributed by atoms with van der Waals surface area (Å²) in [6.07, 6.45) is 0.669. The van der Waals surface area contributed by atoms with Gasteiger partial charge in [-0.1, -0.05) is 37.3 Å². The average Bonchev–Trinajstić information content (AvgIpc) is 3.12. The Hall–Kier alpha value is -3.61. The van der Waals surface area contributed by atoms with Crippen LogP contribution in [0.5, 0.6) is 0 Å². The van der Waals surface area contributed by atoms with E-state index in [1.807, 2.05) is 6.92 Å². The SMILES string of the molecule is CCCN1CCN(C(=O)NC(C(=O)NC2C(=O)N3C2SC(C)(C)C3C(=O)O)c2ccccc2)C(=O)C1=O.